The number of hydrogen-bond donors (Lipinski definition) is 6. The first-order valence-corrected chi connectivity index (χ1v) is 14.6. The Kier molecular flexibility index (Phi) is 7.75. The minimum Gasteiger partial charge on any atom is -0.510 e. The van der Waals surface area contributed by atoms with E-state index >= 15 is 0 Å². The van der Waals surface area contributed by atoms with E-state index in [2.05, 4.69) is 19.2 Å². The lowest BCUT2D eigenvalue weighted by atomic mass is 9.58. The Morgan fingerprint density at radius 2 is 1.73 bits per heavy atom. The summed E-state index contributed by atoms with van der Waals surface area (Å²) in [6, 6.07) is 8.83. The number of aliphatic hydroxyl groups excluding tert-OH is 2. The molecule has 0 radical (unpaired) electrons. The number of nitrogens with one attached hydrogen (secondary N) is 1. The Morgan fingerprint density at radius 3 is 2.27 bits per heavy atom. The number of aliphatic hydroxyl groups is 3. The second kappa shape index (κ2) is 11.0. The van der Waals surface area contributed by atoms with Crippen molar-refractivity contribution in [1.82, 2.24) is 4.90 Å². The zero-order valence-corrected chi connectivity index (χ0v) is 25.8. The van der Waals surface area contributed by atoms with E-state index < -0.39 is 58.0 Å². The summed E-state index contributed by atoms with van der Waals surface area (Å²) >= 11 is 0. The van der Waals surface area contributed by atoms with E-state index in [9.17, 15) is 34.8 Å². The maximum Gasteiger partial charge on any atom is 0.255 e. The molecule has 0 spiro atoms. The first-order chi connectivity index (χ1) is 20.6. The fraction of sp³-hybridized carbons (Fsp3) is 0.424. The first kappa shape index (κ1) is 31.1. The van der Waals surface area contributed by atoms with Gasteiger partial charge in [-0.3, -0.25) is 19.3 Å². The number of Topliss-reactive ketones (excluding diaryl/α,β-unsaturated/α-hetero) is 2. The van der Waals surface area contributed by atoms with Crippen molar-refractivity contribution in [3.05, 3.63) is 75.3 Å². The molecule has 11 nitrogen and oxygen atoms in total. The Hall–Kier alpha value is -4.35. The second-order valence-corrected chi connectivity index (χ2v) is 12.8. The lowest BCUT2D eigenvalue weighted by molar-refractivity contribution is -0.148. The van der Waals surface area contributed by atoms with Crippen LogP contribution < -0.4 is 16.0 Å². The smallest absolute Gasteiger partial charge is 0.255 e. The molecule has 0 fully saturated rings. The Morgan fingerprint density at radius 1 is 1.09 bits per heavy atom. The zero-order valence-electron chi connectivity index (χ0n) is 25.8. The van der Waals surface area contributed by atoms with Crippen molar-refractivity contribution >= 4 is 28.8 Å². The van der Waals surface area contributed by atoms with Crippen LogP contribution in [0.15, 0.2) is 53.0 Å². The van der Waals surface area contributed by atoms with E-state index in [0.717, 1.165) is 5.56 Å². The highest BCUT2D eigenvalue weighted by atomic mass is 16.3. The van der Waals surface area contributed by atoms with Crippen LogP contribution in [0.3, 0.4) is 0 Å². The number of amides is 1. The van der Waals surface area contributed by atoms with Gasteiger partial charge in [-0.25, -0.2) is 0 Å². The van der Waals surface area contributed by atoms with Gasteiger partial charge >= 0.3 is 0 Å². The first-order valence-electron chi connectivity index (χ1n) is 14.6. The number of carbonyl (C=O) groups excluding carboxylic acids is 3. The lowest BCUT2D eigenvalue weighted by Crippen LogP contribution is -2.63. The van der Waals surface area contributed by atoms with Crippen molar-refractivity contribution in [3.63, 3.8) is 0 Å². The summed E-state index contributed by atoms with van der Waals surface area (Å²) in [6.45, 7) is 4.60. The maximum atomic E-state index is 14.2. The van der Waals surface area contributed by atoms with Crippen LogP contribution in [-0.2, 0) is 22.6 Å². The number of phenols is 1. The standard InChI is InChI=1S/C33H40N4O7/c1-15(2)17-9-7-16(8-10-17)14-35-21-13-22(36(3)4)19-11-18-12-20-26(37(5)6)29(40)25(32(34)43)31(42)33(20,44)30(41)23(18)28(39)24(19)27(21)38/h7-10,13,15,18,20,26,35,38,40-41,44H,11-12,14H2,1-6H3,(H2,34,43)/t18-,20-,26-,33-/m0/s1. The molecular weight excluding hydrogens is 564 g/mol. The number of allylic oxidation sites excluding steroid dienone is 1. The highest BCUT2D eigenvalue weighted by molar-refractivity contribution is 6.25. The predicted octanol–water partition coefficient (Wildman–Crippen LogP) is 2.92. The number of ketones is 2. The molecule has 5 rings (SSSR count). The molecule has 7 N–H and O–H groups in total. The molecule has 4 atom stereocenters. The van der Waals surface area contributed by atoms with Gasteiger partial charge in [-0.2, -0.15) is 0 Å². The third-order valence-corrected chi connectivity index (χ3v) is 9.31. The topological polar surface area (TPSA) is 177 Å². The summed E-state index contributed by atoms with van der Waals surface area (Å²) in [4.78, 5) is 43.3. The number of nitrogens with two attached hydrogens (primary N) is 1. The van der Waals surface area contributed by atoms with Gasteiger partial charge in [0.1, 0.15) is 22.8 Å². The number of benzene rings is 2. The normalized spacial score (nSPS) is 24.8. The Bertz CT molecular complexity index is 1620. The summed E-state index contributed by atoms with van der Waals surface area (Å²) < 4.78 is 0. The van der Waals surface area contributed by atoms with Crippen LogP contribution in [-0.4, -0.2) is 82.6 Å². The molecule has 1 amide bonds. The van der Waals surface area contributed by atoms with Gasteiger partial charge in [-0.1, -0.05) is 38.1 Å². The number of carbonyl (C=O) groups is 3. The van der Waals surface area contributed by atoms with Crippen LogP contribution >= 0.6 is 0 Å². The van der Waals surface area contributed by atoms with Gasteiger partial charge in [0, 0.05) is 37.8 Å². The van der Waals surface area contributed by atoms with Crippen LogP contribution in [0.1, 0.15) is 53.2 Å². The van der Waals surface area contributed by atoms with Gasteiger partial charge in [0.2, 0.25) is 5.78 Å². The number of hydrogen-bond acceptors (Lipinski definition) is 10. The molecule has 3 aliphatic carbocycles. The SMILES string of the molecule is CC(C)c1ccc(CNc2cc(N(C)C)c3c(c2O)C(=O)C2=C(O)[C@]4(O)C(=O)C(C(N)=O)=C(O)[C@@H](N(C)C)[C@@H]4C[C@@H]2C3)cc1. The lowest BCUT2D eigenvalue weighted by Gasteiger charge is -2.50. The maximum absolute atomic E-state index is 14.2. The average Bonchev–Trinajstić information content (AvgIpc) is 2.94. The largest absolute Gasteiger partial charge is 0.510 e. The Balaban J connectivity index is 1.61. The van der Waals surface area contributed by atoms with E-state index in [-0.39, 0.29) is 29.7 Å². The number of phenolic OH excluding ortho intramolecular Hbond substituents is 1. The summed E-state index contributed by atoms with van der Waals surface area (Å²) in [7, 11) is 6.85. The molecule has 2 aromatic carbocycles. The van der Waals surface area contributed by atoms with Gasteiger partial charge in [-0.15, -0.1) is 0 Å². The molecule has 234 valence electrons. The minimum absolute atomic E-state index is 0.0327. The van der Waals surface area contributed by atoms with Gasteiger partial charge in [-0.05, 0) is 61.5 Å². The van der Waals surface area contributed by atoms with E-state index in [1.807, 2.05) is 43.3 Å². The molecule has 0 aromatic heterocycles. The van der Waals surface area contributed by atoms with Crippen molar-refractivity contribution in [1.29, 1.82) is 0 Å². The molecule has 0 saturated heterocycles. The summed E-state index contributed by atoms with van der Waals surface area (Å²) in [5.41, 5.74) is 5.42. The number of fused-ring (bicyclic) bond motifs is 3. The fourth-order valence-corrected chi connectivity index (χ4v) is 7.05. The van der Waals surface area contributed by atoms with Crippen molar-refractivity contribution in [3.8, 4) is 5.75 Å². The van der Waals surface area contributed by atoms with Crippen LogP contribution in [0.25, 0.3) is 0 Å². The number of nitrogens with zero attached hydrogens (tertiary/aromatic N) is 2. The molecular formula is C33H40N4O7. The van der Waals surface area contributed by atoms with E-state index in [0.29, 0.717) is 29.4 Å². The van der Waals surface area contributed by atoms with Gasteiger partial charge in [0.15, 0.2) is 11.4 Å². The van der Waals surface area contributed by atoms with Crippen molar-refractivity contribution < 1.29 is 34.8 Å². The molecule has 3 aliphatic rings. The Labute approximate surface area is 256 Å². The van der Waals surface area contributed by atoms with Crippen LogP contribution in [0.5, 0.6) is 5.75 Å². The number of primary amides is 1. The average molecular weight is 605 g/mol. The molecule has 2 aromatic rings. The van der Waals surface area contributed by atoms with Gasteiger partial charge in [0.05, 0.1) is 17.3 Å². The number of aromatic hydroxyl groups is 1. The molecule has 11 heteroatoms. The molecule has 0 aliphatic heterocycles. The molecule has 44 heavy (non-hydrogen) atoms. The van der Waals surface area contributed by atoms with Crippen molar-refractivity contribution in [2.45, 2.75) is 50.8 Å². The number of likely N-dealkylation sites (N-methyl/N-ethyl adjacent to an activating group) is 1. The van der Waals surface area contributed by atoms with Gasteiger partial charge in [0.25, 0.3) is 5.91 Å². The molecule has 0 heterocycles. The van der Waals surface area contributed by atoms with Crippen molar-refractivity contribution in [2.75, 3.05) is 38.4 Å². The molecule has 0 saturated carbocycles. The summed E-state index contributed by atoms with van der Waals surface area (Å²) in [5.74, 6) is -6.35. The summed E-state index contributed by atoms with van der Waals surface area (Å²) in [5, 5.41) is 49.0. The van der Waals surface area contributed by atoms with Crippen LogP contribution in [0.4, 0.5) is 11.4 Å². The van der Waals surface area contributed by atoms with Gasteiger partial charge < -0.3 is 36.4 Å². The fourth-order valence-electron chi connectivity index (χ4n) is 7.05. The minimum atomic E-state index is -2.68. The van der Waals surface area contributed by atoms with Crippen molar-refractivity contribution in [2.24, 2.45) is 17.6 Å². The van der Waals surface area contributed by atoms with Crippen LogP contribution in [0, 0.1) is 11.8 Å². The zero-order chi connectivity index (χ0) is 32.4. The number of anilines is 2. The predicted molar refractivity (Wildman–Crippen MR) is 166 cm³/mol. The monoisotopic (exact) mass is 604 g/mol. The molecule has 0 bridgehead atoms. The molecule has 0 unspecified atom stereocenters. The highest BCUT2D eigenvalue weighted by Gasteiger charge is 2.63. The quantitative estimate of drug-likeness (QED) is 0.203. The second-order valence-electron chi connectivity index (χ2n) is 12.8. The number of rotatable bonds is 7. The van der Waals surface area contributed by atoms with Crippen LogP contribution in [0.2, 0.25) is 0 Å². The third-order valence-electron chi connectivity index (χ3n) is 9.31. The summed E-state index contributed by atoms with van der Waals surface area (Å²) in [6.07, 6.45) is 0.248. The third kappa shape index (κ3) is 4.62. The van der Waals surface area contributed by atoms with E-state index in [4.69, 9.17) is 5.73 Å². The van der Waals surface area contributed by atoms with E-state index in [1.54, 1.807) is 20.2 Å². The van der Waals surface area contributed by atoms with E-state index in [1.165, 1.54) is 10.5 Å². The highest BCUT2D eigenvalue weighted by Crippen LogP contribution is 2.54.